The molecule has 0 amide bonds. The van der Waals surface area contributed by atoms with E-state index in [1.807, 2.05) is 13.0 Å². The minimum atomic E-state index is -0.424. The summed E-state index contributed by atoms with van der Waals surface area (Å²) in [6, 6.07) is 8.59. The molecule has 0 radical (unpaired) electrons. The van der Waals surface area contributed by atoms with Crippen LogP contribution in [0.5, 0.6) is 0 Å². The number of pyridine rings is 1. The Morgan fingerprint density at radius 1 is 1.22 bits per heavy atom. The van der Waals surface area contributed by atoms with Crippen LogP contribution in [-0.2, 0) is 6.61 Å². The van der Waals surface area contributed by atoms with Gasteiger partial charge < -0.3 is 10.4 Å². The molecule has 7 heteroatoms. The van der Waals surface area contributed by atoms with Gasteiger partial charge in [-0.05, 0) is 42.8 Å². The molecule has 0 unspecified atom stereocenters. The number of aromatic nitrogens is 2. The molecule has 1 aromatic carbocycles. The zero-order valence-corrected chi connectivity index (χ0v) is 13.7. The lowest BCUT2D eigenvalue weighted by Crippen LogP contribution is -2.22. The highest BCUT2D eigenvalue weighted by molar-refractivity contribution is 6.42. The molecule has 0 saturated heterocycles. The maximum atomic E-state index is 12.5. The molecule has 0 bridgehead atoms. The van der Waals surface area contributed by atoms with Gasteiger partial charge in [0.25, 0.3) is 5.56 Å². The summed E-state index contributed by atoms with van der Waals surface area (Å²) in [4.78, 5) is 16.9. The van der Waals surface area contributed by atoms with Crippen molar-refractivity contribution in [3.8, 4) is 0 Å². The van der Waals surface area contributed by atoms with Crippen molar-refractivity contribution in [1.82, 2.24) is 9.38 Å². The van der Waals surface area contributed by atoms with E-state index in [0.29, 0.717) is 27.2 Å². The number of rotatable bonds is 3. The van der Waals surface area contributed by atoms with Crippen LogP contribution in [0.2, 0.25) is 10.0 Å². The second-order valence-corrected chi connectivity index (χ2v) is 5.90. The number of anilines is 2. The minimum absolute atomic E-state index is 0.178. The molecular weight excluding hydrogens is 337 g/mol. The van der Waals surface area contributed by atoms with Crippen molar-refractivity contribution in [3.63, 3.8) is 0 Å². The minimum Gasteiger partial charge on any atom is -0.391 e. The fourth-order valence-corrected chi connectivity index (χ4v) is 2.53. The number of hydrogen-bond acceptors (Lipinski definition) is 4. The van der Waals surface area contributed by atoms with E-state index in [9.17, 15) is 9.90 Å². The largest absolute Gasteiger partial charge is 0.391 e. The van der Waals surface area contributed by atoms with Gasteiger partial charge in [-0.25, -0.2) is 4.98 Å². The summed E-state index contributed by atoms with van der Waals surface area (Å²) in [5, 5.41) is 13.4. The lowest BCUT2D eigenvalue weighted by atomic mass is 10.2. The Balaban J connectivity index is 2.15. The lowest BCUT2D eigenvalue weighted by Gasteiger charge is -2.12. The first-order chi connectivity index (χ1) is 11.0. The first-order valence-corrected chi connectivity index (χ1v) is 7.60. The summed E-state index contributed by atoms with van der Waals surface area (Å²) < 4.78 is 1.40. The average Bonchev–Trinajstić information content (AvgIpc) is 2.51. The van der Waals surface area contributed by atoms with Crippen molar-refractivity contribution in [2.75, 3.05) is 5.32 Å². The molecule has 2 aromatic heterocycles. The monoisotopic (exact) mass is 349 g/mol. The van der Waals surface area contributed by atoms with Gasteiger partial charge in [-0.3, -0.25) is 9.20 Å². The van der Waals surface area contributed by atoms with Crippen molar-refractivity contribution in [1.29, 1.82) is 0 Å². The quantitative estimate of drug-likeness (QED) is 0.758. The molecule has 0 aliphatic carbocycles. The van der Waals surface area contributed by atoms with Crippen LogP contribution in [0.4, 0.5) is 11.5 Å². The van der Waals surface area contributed by atoms with E-state index in [4.69, 9.17) is 23.2 Å². The van der Waals surface area contributed by atoms with E-state index in [2.05, 4.69) is 10.3 Å². The molecule has 5 nitrogen and oxygen atoms in total. The number of aryl methyl sites for hydroxylation is 1. The fourth-order valence-electron chi connectivity index (χ4n) is 2.23. The van der Waals surface area contributed by atoms with Crippen molar-refractivity contribution in [2.45, 2.75) is 13.5 Å². The normalized spacial score (nSPS) is 11.0. The Morgan fingerprint density at radius 3 is 2.70 bits per heavy atom. The number of nitrogens with zero attached hydrogens (tertiary/aromatic N) is 2. The van der Waals surface area contributed by atoms with E-state index >= 15 is 0 Å². The van der Waals surface area contributed by atoms with Crippen LogP contribution in [0, 0.1) is 6.92 Å². The summed E-state index contributed by atoms with van der Waals surface area (Å²) in [7, 11) is 0. The predicted molar refractivity (Wildman–Crippen MR) is 91.9 cm³/mol. The third-order valence-corrected chi connectivity index (χ3v) is 4.16. The molecule has 3 aromatic rings. The molecule has 0 spiro atoms. The zero-order valence-electron chi connectivity index (χ0n) is 12.2. The first-order valence-electron chi connectivity index (χ1n) is 6.84. The third kappa shape index (κ3) is 3.03. The fraction of sp³-hybridized carbons (Fsp3) is 0.125. The topological polar surface area (TPSA) is 66.6 Å². The van der Waals surface area contributed by atoms with Crippen LogP contribution in [0.1, 0.15) is 11.1 Å². The Hall–Kier alpha value is -2.08. The van der Waals surface area contributed by atoms with Gasteiger partial charge in [-0.15, -0.1) is 0 Å². The van der Waals surface area contributed by atoms with Gasteiger partial charge in [0.2, 0.25) is 0 Å². The molecule has 23 heavy (non-hydrogen) atoms. The van der Waals surface area contributed by atoms with Crippen molar-refractivity contribution >= 4 is 40.4 Å². The van der Waals surface area contributed by atoms with E-state index < -0.39 is 6.61 Å². The molecule has 0 aliphatic rings. The highest BCUT2D eigenvalue weighted by Gasteiger charge is 2.13. The Bertz CT molecular complexity index is 954. The third-order valence-electron chi connectivity index (χ3n) is 3.42. The highest BCUT2D eigenvalue weighted by atomic mass is 35.5. The summed E-state index contributed by atoms with van der Waals surface area (Å²) in [5.41, 5.74) is 1.96. The lowest BCUT2D eigenvalue weighted by molar-refractivity contribution is 0.280. The average molecular weight is 350 g/mol. The number of aliphatic hydroxyl groups is 1. The predicted octanol–water partition coefficient (Wildman–Crippen LogP) is 3.55. The number of aliphatic hydroxyl groups excluding tert-OH is 1. The second kappa shape index (κ2) is 6.20. The maximum Gasteiger partial charge on any atom is 0.265 e. The van der Waals surface area contributed by atoms with Gasteiger partial charge in [0, 0.05) is 11.9 Å². The van der Waals surface area contributed by atoms with Gasteiger partial charge in [-0.2, -0.15) is 0 Å². The Labute approximate surface area is 142 Å². The Morgan fingerprint density at radius 2 is 2.00 bits per heavy atom. The number of fused-ring (bicyclic) bond motifs is 1. The Kier molecular flexibility index (Phi) is 4.26. The molecule has 2 N–H and O–H groups in total. The van der Waals surface area contributed by atoms with Gasteiger partial charge in [0.05, 0.1) is 22.2 Å². The molecule has 118 valence electrons. The maximum absolute atomic E-state index is 12.5. The van der Waals surface area contributed by atoms with Crippen LogP contribution in [0.15, 0.2) is 41.3 Å². The summed E-state index contributed by atoms with van der Waals surface area (Å²) >= 11 is 11.9. The van der Waals surface area contributed by atoms with E-state index in [1.165, 1.54) is 4.40 Å². The molecule has 0 saturated carbocycles. The molecule has 0 atom stereocenters. The van der Waals surface area contributed by atoms with Gasteiger partial charge >= 0.3 is 0 Å². The molecule has 0 aliphatic heterocycles. The van der Waals surface area contributed by atoms with Crippen LogP contribution in [0.3, 0.4) is 0 Å². The first kappa shape index (κ1) is 15.8. The van der Waals surface area contributed by atoms with E-state index in [0.717, 1.165) is 5.56 Å². The second-order valence-electron chi connectivity index (χ2n) is 5.09. The molecule has 2 heterocycles. The van der Waals surface area contributed by atoms with Crippen molar-refractivity contribution in [2.24, 2.45) is 0 Å². The van der Waals surface area contributed by atoms with Crippen molar-refractivity contribution < 1.29 is 5.11 Å². The SMILES string of the molecule is Cc1ccn2c(=O)c(CO)c(Nc3ccc(Cl)c(Cl)c3)nc2c1. The van der Waals surface area contributed by atoms with Crippen LogP contribution >= 0.6 is 23.2 Å². The summed E-state index contributed by atoms with van der Waals surface area (Å²) in [6.45, 7) is 1.49. The summed E-state index contributed by atoms with van der Waals surface area (Å²) in [6.07, 6.45) is 1.64. The van der Waals surface area contributed by atoms with Crippen LogP contribution in [0.25, 0.3) is 5.65 Å². The number of halogens is 2. The number of nitrogens with one attached hydrogen (secondary N) is 1. The summed E-state index contributed by atoms with van der Waals surface area (Å²) in [5.74, 6) is 0.293. The van der Waals surface area contributed by atoms with Crippen molar-refractivity contribution in [3.05, 3.63) is 68.1 Å². The number of hydrogen-bond donors (Lipinski definition) is 2. The van der Waals surface area contributed by atoms with Gasteiger partial charge in [0.15, 0.2) is 0 Å². The van der Waals surface area contributed by atoms with Gasteiger partial charge in [-0.1, -0.05) is 23.2 Å². The van der Waals surface area contributed by atoms with Crippen LogP contribution in [-0.4, -0.2) is 14.5 Å². The number of benzene rings is 1. The van der Waals surface area contributed by atoms with Crippen LogP contribution < -0.4 is 10.9 Å². The smallest absolute Gasteiger partial charge is 0.265 e. The van der Waals surface area contributed by atoms with E-state index in [-0.39, 0.29) is 11.1 Å². The highest BCUT2D eigenvalue weighted by Crippen LogP contribution is 2.27. The zero-order chi connectivity index (χ0) is 16.6. The van der Waals surface area contributed by atoms with E-state index in [1.54, 1.807) is 30.5 Å². The molecule has 0 fully saturated rings. The standard InChI is InChI=1S/C16H13Cl2N3O2/c1-9-4-5-21-14(6-9)20-15(11(8-22)16(21)23)19-10-2-3-12(17)13(18)7-10/h2-7,19,22H,8H2,1H3. The van der Waals surface area contributed by atoms with Gasteiger partial charge in [0.1, 0.15) is 11.5 Å². The molecule has 3 rings (SSSR count). The molecular formula is C16H13Cl2N3O2.